The van der Waals surface area contributed by atoms with Gasteiger partial charge in [-0.2, -0.15) is 5.26 Å². The van der Waals surface area contributed by atoms with Crippen molar-refractivity contribution >= 4 is 12.1 Å². The lowest BCUT2D eigenvalue weighted by molar-refractivity contribution is -0.138. The van der Waals surface area contributed by atoms with E-state index in [0.717, 1.165) is 56.5 Å². The lowest BCUT2D eigenvalue weighted by atomic mass is 10.2. The van der Waals surface area contributed by atoms with Crippen LogP contribution in [0.25, 0.3) is 22.9 Å². The van der Waals surface area contributed by atoms with E-state index >= 15 is 0 Å². The van der Waals surface area contributed by atoms with E-state index in [1.165, 1.54) is 0 Å². The van der Waals surface area contributed by atoms with E-state index in [0.29, 0.717) is 49.1 Å². The standard InChI is InChI=1S/C30H30N2O6.C13H12N2O/c1-21-13-15-25(16-14-21)38-30(35)32(20-28(33)34)19-23-8-6-11-26(18-23)36-17-7-12-27-22(2)37-29(31-27)24-9-4-3-5-10-24;1-10-12(8-5-9-14)15-13(16-10)11-6-3-2-4-7-11/h3-6,8-11,13-16,18H,7,12,17,19-20H2,1-2H3,(H,33,34);2-4,6-7H,5,8H2,1H3. The molecule has 11 heteroatoms. The number of carbonyl (C=O) groups is 2. The SMILES string of the molecule is Cc1ccc(OC(=O)N(CC(=O)O)Cc2cccc(OCCCc3nc(-c4ccccc4)oc3C)c2)cc1.Cc1oc(-c2ccccc2)nc1CCC#N. The Kier molecular flexibility index (Phi) is 13.7. The second-order valence-electron chi connectivity index (χ2n) is 12.5. The number of ether oxygens (including phenoxy) is 2. The van der Waals surface area contributed by atoms with Gasteiger partial charge in [-0.1, -0.05) is 66.2 Å². The van der Waals surface area contributed by atoms with E-state index in [9.17, 15) is 14.7 Å². The van der Waals surface area contributed by atoms with Crippen LogP contribution in [0.1, 0.15) is 46.9 Å². The number of carbonyl (C=O) groups excluding carboxylic acids is 1. The molecule has 0 aliphatic rings. The summed E-state index contributed by atoms with van der Waals surface area (Å²) >= 11 is 0. The molecule has 2 heterocycles. The van der Waals surface area contributed by atoms with Crippen LogP contribution in [0.15, 0.2) is 118 Å². The third kappa shape index (κ3) is 11.4. The predicted molar refractivity (Wildman–Crippen MR) is 203 cm³/mol. The van der Waals surface area contributed by atoms with Gasteiger partial charge in [0.2, 0.25) is 11.8 Å². The minimum Gasteiger partial charge on any atom is -0.494 e. The zero-order valence-electron chi connectivity index (χ0n) is 30.5. The largest absolute Gasteiger partial charge is 0.494 e. The van der Waals surface area contributed by atoms with Crippen molar-refractivity contribution in [2.45, 2.75) is 53.0 Å². The highest BCUT2D eigenvalue weighted by molar-refractivity contribution is 5.78. The Morgan fingerprint density at radius 3 is 1.93 bits per heavy atom. The predicted octanol–water partition coefficient (Wildman–Crippen LogP) is 9.16. The Balaban J connectivity index is 0.000000291. The average molecular weight is 727 g/mol. The monoisotopic (exact) mass is 726 g/mol. The number of carboxylic acid groups (broad SMARTS) is 1. The number of oxazole rings is 2. The van der Waals surface area contributed by atoms with E-state index in [4.69, 9.17) is 23.6 Å². The summed E-state index contributed by atoms with van der Waals surface area (Å²) in [5, 5.41) is 17.8. The van der Waals surface area contributed by atoms with E-state index in [1.54, 1.807) is 18.2 Å². The highest BCUT2D eigenvalue weighted by Gasteiger charge is 2.20. The summed E-state index contributed by atoms with van der Waals surface area (Å²) in [6, 6.07) is 35.9. The number of aryl methyl sites for hydroxylation is 5. The van der Waals surface area contributed by atoms with E-state index in [1.807, 2.05) is 112 Å². The van der Waals surface area contributed by atoms with Crippen LogP contribution in [-0.4, -0.2) is 45.2 Å². The number of hydrogen-bond donors (Lipinski definition) is 1. The number of rotatable bonds is 14. The summed E-state index contributed by atoms with van der Waals surface area (Å²) in [6.45, 7) is 5.75. The molecule has 0 spiro atoms. The number of carboxylic acids is 1. The first-order valence-corrected chi connectivity index (χ1v) is 17.6. The van der Waals surface area contributed by atoms with Crippen molar-refractivity contribution in [1.29, 1.82) is 5.26 Å². The highest BCUT2D eigenvalue weighted by Crippen LogP contribution is 2.24. The Bertz CT molecular complexity index is 2150. The molecule has 0 bridgehead atoms. The minimum atomic E-state index is -1.13. The Morgan fingerprint density at radius 2 is 1.35 bits per heavy atom. The quantitative estimate of drug-likeness (QED) is 0.108. The third-order valence-electron chi connectivity index (χ3n) is 8.21. The van der Waals surface area contributed by atoms with Crippen LogP contribution in [0.5, 0.6) is 11.5 Å². The summed E-state index contributed by atoms with van der Waals surface area (Å²) in [7, 11) is 0. The zero-order chi connectivity index (χ0) is 38.3. The Hall–Kier alpha value is -6.67. The summed E-state index contributed by atoms with van der Waals surface area (Å²) in [4.78, 5) is 34.2. The van der Waals surface area contributed by atoms with Crippen molar-refractivity contribution < 1.29 is 33.0 Å². The molecular formula is C43H42N4O7. The second-order valence-corrected chi connectivity index (χ2v) is 12.5. The van der Waals surface area contributed by atoms with Gasteiger partial charge in [-0.25, -0.2) is 14.8 Å². The van der Waals surface area contributed by atoms with Gasteiger partial charge < -0.3 is 23.4 Å². The highest BCUT2D eigenvalue weighted by atomic mass is 16.6. The molecule has 11 nitrogen and oxygen atoms in total. The number of nitrogens with zero attached hydrogens (tertiary/aromatic N) is 4. The van der Waals surface area contributed by atoms with Gasteiger partial charge >= 0.3 is 12.1 Å². The number of aromatic nitrogens is 2. The van der Waals surface area contributed by atoms with Crippen LogP contribution in [0.4, 0.5) is 4.79 Å². The van der Waals surface area contributed by atoms with Crippen molar-refractivity contribution in [3.8, 4) is 40.5 Å². The molecule has 0 radical (unpaired) electrons. The summed E-state index contributed by atoms with van der Waals surface area (Å²) in [6.07, 6.45) is 1.83. The van der Waals surface area contributed by atoms with Gasteiger partial charge in [0, 0.05) is 30.5 Å². The van der Waals surface area contributed by atoms with Gasteiger partial charge in [-0.3, -0.25) is 9.69 Å². The van der Waals surface area contributed by atoms with E-state index in [-0.39, 0.29) is 6.54 Å². The number of nitriles is 1. The van der Waals surface area contributed by atoms with Crippen LogP contribution in [-0.2, 0) is 24.2 Å². The van der Waals surface area contributed by atoms with Crippen LogP contribution in [0.2, 0.25) is 0 Å². The second kappa shape index (κ2) is 19.2. The van der Waals surface area contributed by atoms with Crippen molar-refractivity contribution in [3.05, 3.63) is 143 Å². The molecule has 2 aromatic heterocycles. The Morgan fingerprint density at radius 1 is 0.759 bits per heavy atom. The fourth-order valence-corrected chi connectivity index (χ4v) is 5.41. The maximum atomic E-state index is 12.7. The number of amides is 1. The first-order valence-electron chi connectivity index (χ1n) is 17.6. The number of aliphatic carboxylic acids is 1. The molecule has 6 rings (SSSR count). The summed E-state index contributed by atoms with van der Waals surface area (Å²) < 4.78 is 22.7. The molecule has 0 unspecified atom stereocenters. The van der Waals surface area contributed by atoms with Crippen LogP contribution in [0.3, 0.4) is 0 Å². The van der Waals surface area contributed by atoms with Crippen LogP contribution >= 0.6 is 0 Å². The van der Waals surface area contributed by atoms with Gasteiger partial charge in [-0.05, 0) is 87.7 Å². The fourth-order valence-electron chi connectivity index (χ4n) is 5.41. The van der Waals surface area contributed by atoms with Crippen molar-refractivity contribution in [2.24, 2.45) is 0 Å². The van der Waals surface area contributed by atoms with Crippen LogP contribution in [0, 0.1) is 32.1 Å². The lowest BCUT2D eigenvalue weighted by Gasteiger charge is -2.20. The molecule has 54 heavy (non-hydrogen) atoms. The van der Waals surface area contributed by atoms with Crippen molar-refractivity contribution in [2.75, 3.05) is 13.2 Å². The molecule has 0 atom stereocenters. The summed E-state index contributed by atoms with van der Waals surface area (Å²) in [5.41, 5.74) is 5.43. The van der Waals surface area contributed by atoms with E-state index in [2.05, 4.69) is 16.0 Å². The molecule has 276 valence electrons. The van der Waals surface area contributed by atoms with E-state index < -0.39 is 18.6 Å². The van der Waals surface area contributed by atoms with Crippen molar-refractivity contribution in [3.63, 3.8) is 0 Å². The summed E-state index contributed by atoms with van der Waals surface area (Å²) in [5.74, 6) is 2.69. The van der Waals surface area contributed by atoms with Gasteiger partial charge in [0.05, 0.1) is 24.1 Å². The van der Waals surface area contributed by atoms with Gasteiger partial charge in [-0.15, -0.1) is 0 Å². The molecule has 6 aromatic rings. The average Bonchev–Trinajstić information content (AvgIpc) is 3.75. The smallest absolute Gasteiger partial charge is 0.416 e. The molecule has 0 saturated heterocycles. The zero-order valence-corrected chi connectivity index (χ0v) is 30.5. The molecule has 0 aliphatic carbocycles. The normalized spacial score (nSPS) is 10.5. The molecule has 1 amide bonds. The van der Waals surface area contributed by atoms with Crippen LogP contribution < -0.4 is 9.47 Å². The minimum absolute atomic E-state index is 0.0641. The first-order chi connectivity index (χ1) is 26.2. The third-order valence-corrected chi connectivity index (χ3v) is 8.21. The molecule has 0 fully saturated rings. The maximum Gasteiger partial charge on any atom is 0.416 e. The van der Waals surface area contributed by atoms with Gasteiger partial charge in [0.15, 0.2) is 0 Å². The molecule has 0 aliphatic heterocycles. The maximum absolute atomic E-state index is 12.7. The Labute approximate surface area is 314 Å². The molecular weight excluding hydrogens is 684 g/mol. The lowest BCUT2D eigenvalue weighted by Crippen LogP contribution is -2.37. The molecule has 0 saturated carbocycles. The number of benzene rings is 4. The van der Waals surface area contributed by atoms with Gasteiger partial charge in [0.1, 0.15) is 29.6 Å². The first kappa shape index (κ1) is 38.6. The topological polar surface area (TPSA) is 152 Å². The number of hydrogen-bond acceptors (Lipinski definition) is 9. The fraction of sp³-hybridized carbons (Fsp3) is 0.233. The molecule has 1 N–H and O–H groups in total. The van der Waals surface area contributed by atoms with Crippen molar-refractivity contribution in [1.82, 2.24) is 14.9 Å². The molecule has 4 aromatic carbocycles. The van der Waals surface area contributed by atoms with Gasteiger partial charge in [0.25, 0.3) is 0 Å².